The van der Waals surface area contributed by atoms with Crippen LogP contribution in [0, 0.1) is 0 Å². The van der Waals surface area contributed by atoms with Crippen molar-refractivity contribution in [3.8, 4) is 0 Å². The van der Waals surface area contributed by atoms with Gasteiger partial charge in [0.1, 0.15) is 0 Å². The van der Waals surface area contributed by atoms with Crippen LogP contribution in [-0.4, -0.2) is 45.4 Å². The summed E-state index contributed by atoms with van der Waals surface area (Å²) in [5.74, 6) is -0.745. The first-order valence-electron chi connectivity index (χ1n) is 3.39. The number of carboxylic acid groups (broad SMARTS) is 1. The lowest BCUT2D eigenvalue weighted by atomic mass is 10.5. The lowest BCUT2D eigenvalue weighted by Crippen LogP contribution is -1.91. The Bertz CT molecular complexity index is 98.6. The van der Waals surface area contributed by atoms with E-state index in [2.05, 4.69) is 0 Å². The molecule has 0 heterocycles. The van der Waals surface area contributed by atoms with Crippen LogP contribution in [0.5, 0.6) is 0 Å². The molecule has 0 unspecified atom stereocenters. The zero-order chi connectivity index (χ0) is 9.98. The molecule has 74 valence electrons. The van der Waals surface area contributed by atoms with Crippen LogP contribution in [0.3, 0.4) is 0 Å². The van der Waals surface area contributed by atoms with Gasteiger partial charge in [0, 0.05) is 6.42 Å². The first-order valence-corrected chi connectivity index (χ1v) is 5.28. The van der Waals surface area contributed by atoms with Gasteiger partial charge in [0.05, 0.1) is 19.0 Å². The Morgan fingerprint density at radius 2 is 1.42 bits per heavy atom. The maximum Gasteiger partial charge on any atom is 0.303 e. The summed E-state index contributed by atoms with van der Waals surface area (Å²) >= 11 is 0. The molecule has 5 nitrogen and oxygen atoms in total. The normalized spacial score (nSPS) is 9.08. The topological polar surface area (TPSA) is 98.0 Å². The van der Waals surface area contributed by atoms with E-state index in [4.69, 9.17) is 20.4 Å². The number of carbonyl (C=O) groups is 1. The molecule has 0 aliphatic rings. The highest BCUT2D eigenvalue weighted by molar-refractivity contribution is 7.56. The second-order valence-electron chi connectivity index (χ2n) is 1.84. The van der Waals surface area contributed by atoms with E-state index in [9.17, 15) is 4.79 Å². The standard InChI is InChI=1S/C3H9O3P.C3H6O2/c4-1-7(2-5)3-6;1-2-3(4)5/h4-6H,1-3H2;2H2,1H3,(H,4,5). The maximum atomic E-state index is 9.37. The third-order valence-corrected chi connectivity index (χ3v) is 2.10. The summed E-state index contributed by atoms with van der Waals surface area (Å²) in [4.78, 5) is 9.37. The fraction of sp³-hybridized carbons (Fsp3) is 0.833. The minimum absolute atomic E-state index is 0.0810. The SMILES string of the molecule is CCC(=O)O.OCP(CO)CO. The summed E-state index contributed by atoms with van der Waals surface area (Å²) in [5, 5.41) is 32.4. The average Bonchev–Trinajstić information content (AvgIpc) is 2.09. The van der Waals surface area contributed by atoms with Crippen molar-refractivity contribution in [2.75, 3.05) is 19.0 Å². The van der Waals surface area contributed by atoms with Gasteiger partial charge >= 0.3 is 5.97 Å². The van der Waals surface area contributed by atoms with E-state index in [1.54, 1.807) is 6.92 Å². The van der Waals surface area contributed by atoms with E-state index in [0.717, 1.165) is 0 Å². The van der Waals surface area contributed by atoms with Crippen molar-refractivity contribution in [3.63, 3.8) is 0 Å². The van der Waals surface area contributed by atoms with Gasteiger partial charge in [-0.05, 0) is 7.92 Å². The zero-order valence-corrected chi connectivity index (χ0v) is 7.87. The molecule has 0 bridgehead atoms. The predicted molar refractivity (Wildman–Crippen MR) is 46.1 cm³/mol. The highest BCUT2D eigenvalue weighted by atomic mass is 31.1. The summed E-state index contributed by atoms with van der Waals surface area (Å²) in [7, 11) is -0.887. The molecule has 0 saturated carbocycles. The molecule has 0 aromatic heterocycles. The number of hydrogen-bond acceptors (Lipinski definition) is 4. The molecule has 0 radical (unpaired) electrons. The van der Waals surface area contributed by atoms with E-state index >= 15 is 0 Å². The van der Waals surface area contributed by atoms with Gasteiger partial charge in [-0.1, -0.05) is 6.92 Å². The summed E-state index contributed by atoms with van der Waals surface area (Å²) in [6, 6.07) is 0. The fourth-order valence-electron chi connectivity index (χ4n) is 0.134. The number of aliphatic hydroxyl groups excluding tert-OH is 3. The average molecular weight is 198 g/mol. The summed E-state index contributed by atoms with van der Waals surface area (Å²) < 4.78 is 0. The Balaban J connectivity index is 0. The van der Waals surface area contributed by atoms with Crippen molar-refractivity contribution in [2.24, 2.45) is 0 Å². The molecule has 0 atom stereocenters. The van der Waals surface area contributed by atoms with Crippen LogP contribution < -0.4 is 0 Å². The number of aliphatic carboxylic acids is 1. The molecule has 12 heavy (non-hydrogen) atoms. The highest BCUT2D eigenvalue weighted by Gasteiger charge is 1.98. The van der Waals surface area contributed by atoms with Gasteiger partial charge in [-0.2, -0.15) is 0 Å². The smallest absolute Gasteiger partial charge is 0.303 e. The summed E-state index contributed by atoms with van der Waals surface area (Å²) in [5.41, 5.74) is 0. The zero-order valence-electron chi connectivity index (χ0n) is 6.97. The van der Waals surface area contributed by atoms with Gasteiger partial charge in [-0.3, -0.25) is 4.79 Å². The maximum absolute atomic E-state index is 9.37. The third kappa shape index (κ3) is 12.5. The van der Waals surface area contributed by atoms with E-state index in [0.29, 0.717) is 0 Å². The summed E-state index contributed by atoms with van der Waals surface area (Å²) in [6.07, 6.45) is -0.0208. The predicted octanol–water partition coefficient (Wildman–Crippen LogP) is -0.201. The molecule has 4 N–H and O–H groups in total. The number of carboxylic acids is 1. The Morgan fingerprint density at radius 1 is 1.17 bits per heavy atom. The molecule has 0 aliphatic heterocycles. The van der Waals surface area contributed by atoms with E-state index in [1.165, 1.54) is 0 Å². The molecule has 0 aliphatic carbocycles. The van der Waals surface area contributed by atoms with Gasteiger partial charge in [-0.25, -0.2) is 0 Å². The Labute approximate surface area is 72.4 Å². The molecular formula is C6H15O5P. The van der Waals surface area contributed by atoms with Gasteiger partial charge < -0.3 is 20.4 Å². The lowest BCUT2D eigenvalue weighted by molar-refractivity contribution is -0.136. The van der Waals surface area contributed by atoms with Gasteiger partial charge in [0.15, 0.2) is 0 Å². The summed E-state index contributed by atoms with van der Waals surface area (Å²) in [6.45, 7) is 1.60. The highest BCUT2D eigenvalue weighted by Crippen LogP contribution is 2.29. The molecule has 0 fully saturated rings. The van der Waals surface area contributed by atoms with Crippen molar-refractivity contribution < 1.29 is 25.2 Å². The molecule has 0 spiro atoms. The molecule has 0 rings (SSSR count). The minimum Gasteiger partial charge on any atom is -0.481 e. The Morgan fingerprint density at radius 3 is 1.42 bits per heavy atom. The van der Waals surface area contributed by atoms with Crippen LogP contribution in [0.15, 0.2) is 0 Å². The van der Waals surface area contributed by atoms with E-state index in [1.807, 2.05) is 0 Å². The number of rotatable bonds is 4. The van der Waals surface area contributed by atoms with Gasteiger partial charge in [-0.15, -0.1) is 0 Å². The largest absolute Gasteiger partial charge is 0.481 e. The van der Waals surface area contributed by atoms with Gasteiger partial charge in [0.2, 0.25) is 0 Å². The van der Waals surface area contributed by atoms with Crippen LogP contribution in [-0.2, 0) is 4.79 Å². The van der Waals surface area contributed by atoms with Crippen molar-refractivity contribution in [1.82, 2.24) is 0 Å². The second kappa shape index (κ2) is 10.8. The Kier molecular flexibility index (Phi) is 12.9. The molecule has 6 heteroatoms. The van der Waals surface area contributed by atoms with Crippen molar-refractivity contribution in [3.05, 3.63) is 0 Å². The molecule has 0 saturated heterocycles. The van der Waals surface area contributed by atoms with Crippen LogP contribution in [0.2, 0.25) is 0 Å². The lowest BCUT2D eigenvalue weighted by Gasteiger charge is -2.03. The van der Waals surface area contributed by atoms with Crippen LogP contribution in [0.25, 0.3) is 0 Å². The second-order valence-corrected chi connectivity index (χ2v) is 4.03. The van der Waals surface area contributed by atoms with Crippen LogP contribution in [0.1, 0.15) is 13.3 Å². The first kappa shape index (κ1) is 14.3. The first-order chi connectivity index (χ1) is 5.62. The van der Waals surface area contributed by atoms with Crippen molar-refractivity contribution >= 4 is 13.9 Å². The van der Waals surface area contributed by atoms with Crippen molar-refractivity contribution in [1.29, 1.82) is 0 Å². The third-order valence-electron chi connectivity index (χ3n) is 0.902. The van der Waals surface area contributed by atoms with Crippen LogP contribution >= 0.6 is 7.92 Å². The minimum atomic E-state index is -0.887. The van der Waals surface area contributed by atoms with Crippen molar-refractivity contribution in [2.45, 2.75) is 13.3 Å². The van der Waals surface area contributed by atoms with Gasteiger partial charge in [0.25, 0.3) is 0 Å². The fourth-order valence-corrected chi connectivity index (χ4v) is 0.402. The molecule has 0 amide bonds. The number of aliphatic hydroxyl groups is 3. The van der Waals surface area contributed by atoms with E-state index in [-0.39, 0.29) is 25.5 Å². The quantitative estimate of drug-likeness (QED) is 0.469. The number of hydrogen-bond donors (Lipinski definition) is 4. The van der Waals surface area contributed by atoms with E-state index < -0.39 is 13.9 Å². The Hall–Kier alpha value is -0.220. The molecule has 0 aromatic carbocycles. The monoisotopic (exact) mass is 198 g/mol. The molecule has 0 aromatic rings. The van der Waals surface area contributed by atoms with Crippen LogP contribution in [0.4, 0.5) is 0 Å². The molecular weight excluding hydrogens is 183 g/mol.